The lowest BCUT2D eigenvalue weighted by Crippen LogP contribution is -2.41. The Morgan fingerprint density at radius 3 is 1.86 bits per heavy atom. The summed E-state index contributed by atoms with van der Waals surface area (Å²) in [7, 11) is 1.30. The molecule has 5 heterocycles. The lowest BCUT2D eigenvalue weighted by atomic mass is 10.1. The number of nitrogens with zero attached hydrogens (tertiary/aromatic N) is 5. The summed E-state index contributed by atoms with van der Waals surface area (Å²) < 4.78 is 22.7. The summed E-state index contributed by atoms with van der Waals surface area (Å²) in [5.74, 6) is -0.0691. The molecule has 266 valence electrons. The number of methoxy groups -OCH3 is 1. The van der Waals surface area contributed by atoms with Gasteiger partial charge in [-0.1, -0.05) is 30.3 Å². The van der Waals surface area contributed by atoms with Crippen LogP contribution in [0.3, 0.4) is 0 Å². The fourth-order valence-electron chi connectivity index (χ4n) is 4.89. The quantitative estimate of drug-likeness (QED) is 0.133. The number of ether oxygens (including phenoxy) is 3. The predicted molar refractivity (Wildman–Crippen MR) is 200 cm³/mol. The average molecular weight is 765 g/mol. The van der Waals surface area contributed by atoms with Crippen molar-refractivity contribution in [3.05, 3.63) is 62.6 Å². The number of carbonyl (C=O) groups excluding carboxylic acids is 2. The van der Waals surface area contributed by atoms with E-state index in [1.807, 2.05) is 100 Å². The Hall–Kier alpha value is -4.35. The van der Waals surface area contributed by atoms with Gasteiger partial charge in [-0.2, -0.15) is 0 Å². The number of hydrogen-bond acceptors (Lipinski definition) is 15. The molecule has 0 saturated heterocycles. The van der Waals surface area contributed by atoms with Gasteiger partial charge in [-0.15, -0.1) is 45.3 Å². The number of hydrogen-bond donors (Lipinski definition) is 1. The summed E-state index contributed by atoms with van der Waals surface area (Å²) in [6, 6.07) is 8.72. The molecule has 0 fully saturated rings. The Kier molecular flexibility index (Phi) is 10.5. The lowest BCUT2D eigenvalue weighted by molar-refractivity contribution is -0.0677. The Bertz CT molecular complexity index is 2140. The maximum Gasteiger partial charge on any atom is 0.408 e. The van der Waals surface area contributed by atoms with Crippen LogP contribution in [0.2, 0.25) is 0 Å². The minimum atomic E-state index is -0.648. The number of rotatable bonds is 10. The van der Waals surface area contributed by atoms with E-state index in [4.69, 9.17) is 38.6 Å². The molecule has 0 aliphatic carbocycles. The van der Waals surface area contributed by atoms with E-state index >= 15 is 0 Å². The van der Waals surface area contributed by atoms with Crippen molar-refractivity contribution in [1.29, 1.82) is 0 Å². The SMILES string of the molecule is COC(=O)c1nc(-c2csc(-c3csc(-c4csc(-c5csc([C@@H](NC(=O)OC(C)(C)C)[C@@H](C)OC(C)(C)C)n5)n4)n3)n2)oc1-c1ccccc1. The van der Waals surface area contributed by atoms with Crippen LogP contribution in [0.15, 0.2) is 56.3 Å². The molecule has 6 rings (SSSR count). The van der Waals surface area contributed by atoms with Crippen molar-refractivity contribution in [3.63, 3.8) is 0 Å². The first-order chi connectivity index (χ1) is 24.2. The van der Waals surface area contributed by atoms with Crippen LogP contribution in [0, 0.1) is 0 Å². The molecule has 5 aromatic heterocycles. The highest BCUT2D eigenvalue weighted by Crippen LogP contribution is 2.37. The van der Waals surface area contributed by atoms with E-state index < -0.39 is 29.3 Å². The number of benzene rings is 1. The van der Waals surface area contributed by atoms with Gasteiger partial charge in [0.1, 0.15) is 54.4 Å². The van der Waals surface area contributed by atoms with Gasteiger partial charge in [0, 0.05) is 27.1 Å². The topological polar surface area (TPSA) is 151 Å². The number of esters is 1. The molecule has 0 saturated carbocycles. The molecule has 16 heteroatoms. The molecule has 0 spiro atoms. The molecular formula is C35H36N6O6S4. The second-order valence-electron chi connectivity index (χ2n) is 13.3. The Morgan fingerprint density at radius 2 is 1.29 bits per heavy atom. The molecule has 0 aliphatic rings. The second-order valence-corrected chi connectivity index (χ2v) is 16.8. The summed E-state index contributed by atoms with van der Waals surface area (Å²) in [5, 5.41) is 13.4. The van der Waals surface area contributed by atoms with Crippen LogP contribution in [-0.2, 0) is 14.2 Å². The molecule has 0 bridgehead atoms. The number of nitrogens with one attached hydrogen (secondary N) is 1. The van der Waals surface area contributed by atoms with E-state index in [1.54, 1.807) is 0 Å². The minimum Gasteiger partial charge on any atom is -0.464 e. The molecule has 0 aliphatic heterocycles. The summed E-state index contributed by atoms with van der Waals surface area (Å²) in [6.07, 6.45) is -0.923. The standard InChI is InChI=1S/C35H36N6O6S4/c1-18(46-34(2,3)4)24(41-33(43)47-35(5,6)7)31-39-23(17-51-31)30-38-22(16-50-30)29-37-21(15-49-29)28-36-20(14-48-28)27-40-25(32(42)44-8)26(45-27)19-12-10-9-11-13-19/h9-18,24H,1-8H3,(H,41,43)/t18-,24+/m1/s1. The van der Waals surface area contributed by atoms with Gasteiger partial charge in [-0.25, -0.2) is 34.5 Å². The van der Waals surface area contributed by atoms with Gasteiger partial charge < -0.3 is 23.9 Å². The number of carbonyl (C=O) groups is 2. The van der Waals surface area contributed by atoms with Crippen LogP contribution < -0.4 is 5.32 Å². The molecular weight excluding hydrogens is 729 g/mol. The van der Waals surface area contributed by atoms with Crippen molar-refractivity contribution in [2.45, 2.75) is 71.8 Å². The van der Waals surface area contributed by atoms with E-state index in [9.17, 15) is 9.59 Å². The highest BCUT2D eigenvalue weighted by atomic mass is 32.1. The molecule has 1 aromatic carbocycles. The molecule has 12 nitrogen and oxygen atoms in total. The van der Waals surface area contributed by atoms with E-state index in [1.165, 1.54) is 52.5 Å². The number of aromatic nitrogens is 5. The van der Waals surface area contributed by atoms with Gasteiger partial charge in [-0.05, 0) is 48.5 Å². The monoisotopic (exact) mass is 764 g/mol. The third-order valence-corrected chi connectivity index (χ3v) is 10.4. The van der Waals surface area contributed by atoms with Crippen molar-refractivity contribution in [2.24, 2.45) is 0 Å². The van der Waals surface area contributed by atoms with Crippen LogP contribution in [0.4, 0.5) is 4.79 Å². The van der Waals surface area contributed by atoms with Crippen molar-refractivity contribution >= 4 is 57.4 Å². The van der Waals surface area contributed by atoms with Crippen LogP contribution in [0.5, 0.6) is 0 Å². The highest BCUT2D eigenvalue weighted by molar-refractivity contribution is 7.16. The van der Waals surface area contributed by atoms with Gasteiger partial charge in [-0.3, -0.25) is 0 Å². The van der Waals surface area contributed by atoms with Crippen LogP contribution in [0.25, 0.3) is 55.0 Å². The van der Waals surface area contributed by atoms with Crippen LogP contribution in [-0.4, -0.2) is 61.4 Å². The molecule has 1 N–H and O–H groups in total. The normalized spacial score (nSPS) is 13.2. The average Bonchev–Trinajstić information content (AvgIpc) is 3.90. The summed E-state index contributed by atoms with van der Waals surface area (Å²) in [5.41, 5.74) is 2.28. The lowest BCUT2D eigenvalue weighted by Gasteiger charge is -2.31. The smallest absolute Gasteiger partial charge is 0.408 e. The molecule has 1 amide bonds. The van der Waals surface area contributed by atoms with Crippen molar-refractivity contribution in [3.8, 4) is 55.0 Å². The number of alkyl carbamates (subject to hydrolysis) is 1. The third kappa shape index (κ3) is 8.76. The van der Waals surface area contributed by atoms with Crippen molar-refractivity contribution in [1.82, 2.24) is 30.2 Å². The zero-order valence-electron chi connectivity index (χ0n) is 29.2. The first-order valence-electron chi connectivity index (χ1n) is 15.8. The highest BCUT2D eigenvalue weighted by Gasteiger charge is 2.31. The largest absolute Gasteiger partial charge is 0.464 e. The van der Waals surface area contributed by atoms with E-state index in [0.29, 0.717) is 44.1 Å². The third-order valence-electron chi connectivity index (χ3n) is 6.90. The summed E-state index contributed by atoms with van der Waals surface area (Å²) in [4.78, 5) is 48.9. The van der Waals surface area contributed by atoms with Crippen LogP contribution >= 0.6 is 45.3 Å². The van der Waals surface area contributed by atoms with Crippen molar-refractivity contribution in [2.75, 3.05) is 7.11 Å². The fraction of sp³-hybridized carbons (Fsp3) is 0.343. The number of thiazole rings is 4. The number of amides is 1. The van der Waals surface area contributed by atoms with Gasteiger partial charge in [0.25, 0.3) is 0 Å². The maximum absolute atomic E-state index is 12.8. The van der Waals surface area contributed by atoms with Gasteiger partial charge >= 0.3 is 12.1 Å². The predicted octanol–water partition coefficient (Wildman–Crippen LogP) is 9.39. The van der Waals surface area contributed by atoms with Gasteiger partial charge in [0.2, 0.25) is 5.89 Å². The minimum absolute atomic E-state index is 0.0818. The summed E-state index contributed by atoms with van der Waals surface area (Å²) >= 11 is 5.73. The Morgan fingerprint density at radius 1 is 0.745 bits per heavy atom. The molecule has 2 atom stereocenters. The zero-order valence-corrected chi connectivity index (χ0v) is 32.4. The molecule has 0 unspecified atom stereocenters. The fourth-order valence-corrected chi connectivity index (χ4v) is 8.34. The Balaban J connectivity index is 1.20. The molecule has 0 radical (unpaired) electrons. The molecule has 51 heavy (non-hydrogen) atoms. The summed E-state index contributed by atoms with van der Waals surface area (Å²) in [6.45, 7) is 13.3. The van der Waals surface area contributed by atoms with E-state index in [2.05, 4.69) is 10.3 Å². The van der Waals surface area contributed by atoms with E-state index in [0.717, 1.165) is 10.0 Å². The Labute approximate surface area is 310 Å². The van der Waals surface area contributed by atoms with Gasteiger partial charge in [0.15, 0.2) is 11.5 Å². The van der Waals surface area contributed by atoms with Gasteiger partial charge in [0.05, 0.1) is 18.8 Å². The van der Waals surface area contributed by atoms with Crippen molar-refractivity contribution < 1.29 is 28.2 Å². The first kappa shape index (κ1) is 36.4. The maximum atomic E-state index is 12.8. The van der Waals surface area contributed by atoms with E-state index in [-0.39, 0.29) is 17.7 Å². The van der Waals surface area contributed by atoms with Crippen LogP contribution in [0.1, 0.15) is 70.0 Å². The second kappa shape index (κ2) is 14.7. The number of oxazole rings is 1. The molecule has 6 aromatic rings. The first-order valence-corrected chi connectivity index (χ1v) is 19.3. The zero-order chi connectivity index (χ0) is 36.5.